The van der Waals surface area contributed by atoms with Crippen molar-refractivity contribution < 1.29 is 19.0 Å². The van der Waals surface area contributed by atoms with Crippen molar-refractivity contribution in [2.45, 2.75) is 32.8 Å². The standard InChI is InChI=1S/C19H21N3O4/c1-12-8-18(21-13(2)20-12)26-15-4-3-7-22(10-15)19(23)14-5-6-16-17(9-14)25-11-24-16/h5-6,8-9,15H,3-4,7,10-11H2,1-2H3. The lowest BCUT2D eigenvalue weighted by Crippen LogP contribution is -2.44. The third kappa shape index (κ3) is 3.42. The van der Waals surface area contributed by atoms with Crippen molar-refractivity contribution in [2.75, 3.05) is 19.9 Å². The number of fused-ring (bicyclic) bond motifs is 1. The number of benzene rings is 1. The van der Waals surface area contributed by atoms with Gasteiger partial charge in [-0.1, -0.05) is 0 Å². The van der Waals surface area contributed by atoms with Crippen molar-refractivity contribution >= 4 is 5.91 Å². The molecule has 1 atom stereocenters. The molecule has 7 nitrogen and oxygen atoms in total. The lowest BCUT2D eigenvalue weighted by molar-refractivity contribution is 0.0526. The Bertz CT molecular complexity index is 819. The Labute approximate surface area is 151 Å². The minimum atomic E-state index is -0.0737. The van der Waals surface area contributed by atoms with Gasteiger partial charge in [-0.25, -0.2) is 4.98 Å². The van der Waals surface area contributed by atoms with Crippen LogP contribution in [0.25, 0.3) is 0 Å². The van der Waals surface area contributed by atoms with Crippen molar-refractivity contribution in [2.24, 2.45) is 0 Å². The summed E-state index contributed by atoms with van der Waals surface area (Å²) in [7, 11) is 0. The highest BCUT2D eigenvalue weighted by molar-refractivity contribution is 5.95. The third-order valence-electron chi connectivity index (χ3n) is 4.51. The Balaban J connectivity index is 1.45. The number of aromatic nitrogens is 2. The molecule has 1 unspecified atom stereocenters. The summed E-state index contributed by atoms with van der Waals surface area (Å²) in [4.78, 5) is 23.3. The summed E-state index contributed by atoms with van der Waals surface area (Å²) in [6.07, 6.45) is 1.72. The van der Waals surface area contributed by atoms with Gasteiger partial charge in [0, 0.05) is 23.9 Å². The van der Waals surface area contributed by atoms with Gasteiger partial charge in [-0.05, 0) is 44.9 Å². The lowest BCUT2D eigenvalue weighted by atomic mass is 10.1. The number of nitrogens with zero attached hydrogens (tertiary/aromatic N) is 3. The summed E-state index contributed by atoms with van der Waals surface area (Å²) >= 11 is 0. The molecule has 0 bridgehead atoms. The molecule has 2 aromatic rings. The molecule has 1 aromatic carbocycles. The fourth-order valence-corrected chi connectivity index (χ4v) is 3.35. The first-order valence-corrected chi connectivity index (χ1v) is 8.76. The topological polar surface area (TPSA) is 73.8 Å². The fraction of sp³-hybridized carbons (Fsp3) is 0.421. The second-order valence-corrected chi connectivity index (χ2v) is 6.60. The number of aryl methyl sites for hydroxylation is 2. The number of carbonyl (C=O) groups excluding carboxylic acids is 1. The predicted molar refractivity (Wildman–Crippen MR) is 93.6 cm³/mol. The second-order valence-electron chi connectivity index (χ2n) is 6.60. The minimum Gasteiger partial charge on any atom is -0.472 e. The van der Waals surface area contributed by atoms with E-state index in [1.165, 1.54) is 0 Å². The Morgan fingerprint density at radius 1 is 1.19 bits per heavy atom. The van der Waals surface area contributed by atoms with Gasteiger partial charge in [0.2, 0.25) is 12.7 Å². The molecule has 0 radical (unpaired) electrons. The first-order chi connectivity index (χ1) is 12.6. The van der Waals surface area contributed by atoms with Gasteiger partial charge in [0.05, 0.1) is 6.54 Å². The van der Waals surface area contributed by atoms with Crippen LogP contribution in [0.15, 0.2) is 24.3 Å². The van der Waals surface area contributed by atoms with Crippen molar-refractivity contribution in [1.82, 2.24) is 14.9 Å². The van der Waals surface area contributed by atoms with Gasteiger partial charge in [-0.3, -0.25) is 4.79 Å². The van der Waals surface area contributed by atoms with E-state index in [1.807, 2.05) is 24.8 Å². The van der Waals surface area contributed by atoms with Crippen LogP contribution in [0.5, 0.6) is 17.4 Å². The molecular weight excluding hydrogens is 334 g/mol. The average molecular weight is 355 g/mol. The Kier molecular flexibility index (Phi) is 4.36. The van der Waals surface area contributed by atoms with Crippen LogP contribution in [0.2, 0.25) is 0 Å². The number of hydrogen-bond donors (Lipinski definition) is 0. The monoisotopic (exact) mass is 355 g/mol. The predicted octanol–water partition coefficient (Wildman–Crippen LogP) is 2.51. The molecule has 0 N–H and O–H groups in total. The molecule has 136 valence electrons. The molecule has 26 heavy (non-hydrogen) atoms. The first kappa shape index (κ1) is 16.6. The van der Waals surface area contributed by atoms with E-state index in [-0.39, 0.29) is 18.8 Å². The SMILES string of the molecule is Cc1cc(OC2CCCN(C(=O)c3ccc4c(c3)OCO4)C2)nc(C)n1. The van der Waals surface area contributed by atoms with Crippen molar-refractivity contribution in [1.29, 1.82) is 0 Å². The van der Waals surface area contributed by atoms with Gasteiger partial charge in [0.25, 0.3) is 5.91 Å². The number of amides is 1. The summed E-state index contributed by atoms with van der Waals surface area (Å²) in [6.45, 7) is 5.21. The number of likely N-dealkylation sites (tertiary alicyclic amines) is 1. The van der Waals surface area contributed by atoms with Crippen LogP contribution in [0.3, 0.4) is 0 Å². The Morgan fingerprint density at radius 3 is 2.88 bits per heavy atom. The molecule has 1 fully saturated rings. The van der Waals surface area contributed by atoms with E-state index >= 15 is 0 Å². The van der Waals surface area contributed by atoms with E-state index in [1.54, 1.807) is 18.2 Å². The summed E-state index contributed by atoms with van der Waals surface area (Å²) in [5.74, 6) is 2.52. The molecule has 0 saturated carbocycles. The Morgan fingerprint density at radius 2 is 2.04 bits per heavy atom. The molecule has 1 aromatic heterocycles. The molecule has 1 saturated heterocycles. The van der Waals surface area contributed by atoms with Gasteiger partial charge >= 0.3 is 0 Å². The average Bonchev–Trinajstić information content (AvgIpc) is 3.08. The highest BCUT2D eigenvalue weighted by Crippen LogP contribution is 2.33. The highest BCUT2D eigenvalue weighted by Gasteiger charge is 2.27. The molecule has 2 aliphatic rings. The van der Waals surface area contributed by atoms with Gasteiger partial charge in [-0.15, -0.1) is 0 Å². The molecule has 4 rings (SSSR count). The van der Waals surface area contributed by atoms with Crippen molar-refractivity contribution in [3.05, 3.63) is 41.3 Å². The normalized spacial score (nSPS) is 18.7. The quantitative estimate of drug-likeness (QED) is 0.842. The third-order valence-corrected chi connectivity index (χ3v) is 4.51. The van der Waals surface area contributed by atoms with Crippen LogP contribution in [0.1, 0.15) is 34.7 Å². The van der Waals surface area contributed by atoms with Crippen LogP contribution in [0.4, 0.5) is 0 Å². The van der Waals surface area contributed by atoms with E-state index in [0.29, 0.717) is 35.3 Å². The Hall–Kier alpha value is -2.83. The van der Waals surface area contributed by atoms with Crippen LogP contribution in [-0.4, -0.2) is 46.8 Å². The molecule has 7 heteroatoms. The maximum Gasteiger partial charge on any atom is 0.254 e. The molecule has 3 heterocycles. The van der Waals surface area contributed by atoms with Crippen LogP contribution in [-0.2, 0) is 0 Å². The minimum absolute atomic E-state index is 0.0216. The maximum atomic E-state index is 12.9. The van der Waals surface area contributed by atoms with Crippen LogP contribution >= 0.6 is 0 Å². The summed E-state index contributed by atoms with van der Waals surface area (Å²) in [5, 5.41) is 0. The van der Waals surface area contributed by atoms with Crippen LogP contribution in [0, 0.1) is 13.8 Å². The summed E-state index contributed by atoms with van der Waals surface area (Å²) < 4.78 is 16.7. The first-order valence-electron chi connectivity index (χ1n) is 8.76. The zero-order valence-electron chi connectivity index (χ0n) is 14.9. The van der Waals surface area contributed by atoms with Crippen LogP contribution < -0.4 is 14.2 Å². The highest BCUT2D eigenvalue weighted by atomic mass is 16.7. The summed E-state index contributed by atoms with van der Waals surface area (Å²) in [5.41, 5.74) is 1.47. The van der Waals surface area contributed by atoms with E-state index < -0.39 is 0 Å². The maximum absolute atomic E-state index is 12.9. The van der Waals surface area contributed by atoms with E-state index in [9.17, 15) is 4.79 Å². The van der Waals surface area contributed by atoms with Gasteiger partial charge in [0.1, 0.15) is 11.9 Å². The molecule has 1 amide bonds. The number of rotatable bonds is 3. The molecule has 2 aliphatic heterocycles. The van der Waals surface area contributed by atoms with E-state index in [0.717, 1.165) is 25.1 Å². The zero-order valence-corrected chi connectivity index (χ0v) is 14.9. The zero-order chi connectivity index (χ0) is 18.1. The number of ether oxygens (including phenoxy) is 3. The summed E-state index contributed by atoms with van der Waals surface area (Å²) in [6, 6.07) is 7.12. The van der Waals surface area contributed by atoms with Crippen molar-refractivity contribution in [3.8, 4) is 17.4 Å². The van der Waals surface area contributed by atoms with Crippen molar-refractivity contribution in [3.63, 3.8) is 0 Å². The van der Waals surface area contributed by atoms with Gasteiger partial charge in [0.15, 0.2) is 11.5 Å². The van der Waals surface area contributed by atoms with Gasteiger partial charge in [-0.2, -0.15) is 4.98 Å². The van der Waals surface area contributed by atoms with E-state index in [4.69, 9.17) is 14.2 Å². The van der Waals surface area contributed by atoms with Gasteiger partial charge < -0.3 is 19.1 Å². The van der Waals surface area contributed by atoms with E-state index in [2.05, 4.69) is 9.97 Å². The number of carbonyl (C=O) groups is 1. The molecule has 0 aliphatic carbocycles. The number of piperidine rings is 1. The second kappa shape index (κ2) is 6.82. The molecular formula is C19H21N3O4. The fourth-order valence-electron chi connectivity index (χ4n) is 3.35. The largest absolute Gasteiger partial charge is 0.472 e. The number of hydrogen-bond acceptors (Lipinski definition) is 6. The smallest absolute Gasteiger partial charge is 0.254 e. The molecule has 0 spiro atoms. The lowest BCUT2D eigenvalue weighted by Gasteiger charge is -2.32.